The Labute approximate surface area is 138 Å². The fourth-order valence-electron chi connectivity index (χ4n) is 1.50. The lowest BCUT2D eigenvalue weighted by Gasteiger charge is -2.32. The normalized spacial score (nSPS) is 17.9. The fourth-order valence-corrected chi connectivity index (χ4v) is 2.06. The third kappa shape index (κ3) is 3.18. The number of non-ortho nitro benzene ring substituents is 1. The second-order valence-electron chi connectivity index (χ2n) is 3.64. The van der Waals surface area contributed by atoms with Crippen LogP contribution in [0.3, 0.4) is 0 Å². The van der Waals surface area contributed by atoms with Crippen molar-refractivity contribution < 1.29 is 14.4 Å². The Bertz CT molecular complexity index is 594. The lowest BCUT2D eigenvalue weighted by Crippen LogP contribution is -2.36. The first-order valence-corrected chi connectivity index (χ1v) is 6.83. The van der Waals surface area contributed by atoms with Crippen LogP contribution in [0.25, 0.3) is 5.76 Å². The molecular formula is C10H4Cl5NO4. The van der Waals surface area contributed by atoms with Gasteiger partial charge >= 0.3 is 0 Å². The highest BCUT2D eigenvalue weighted by molar-refractivity contribution is 6.68. The second-order valence-corrected chi connectivity index (χ2v) is 6.95. The van der Waals surface area contributed by atoms with Crippen molar-refractivity contribution in [2.45, 2.75) is 10.1 Å². The highest BCUT2D eigenvalue weighted by Crippen LogP contribution is 2.45. The minimum atomic E-state index is -1.89. The molecule has 0 N–H and O–H groups in total. The Morgan fingerprint density at radius 3 is 2.40 bits per heavy atom. The third-order valence-electron chi connectivity index (χ3n) is 2.32. The van der Waals surface area contributed by atoms with Crippen LogP contribution >= 0.6 is 58.0 Å². The quantitative estimate of drug-likeness (QED) is 0.399. The number of alkyl halides is 3. The van der Waals surface area contributed by atoms with Crippen LogP contribution in [0.4, 0.5) is 5.69 Å². The molecule has 10 heteroatoms. The maximum absolute atomic E-state index is 10.8. The topological polar surface area (TPSA) is 61.6 Å². The highest BCUT2D eigenvalue weighted by atomic mass is 35.6. The zero-order valence-electron chi connectivity index (χ0n) is 9.28. The van der Waals surface area contributed by atoms with Gasteiger partial charge < -0.3 is 9.47 Å². The van der Waals surface area contributed by atoms with Gasteiger partial charge in [0.1, 0.15) is 10.2 Å². The molecule has 1 atom stereocenters. The SMILES string of the molecule is O=[N+]([O-])c1ccc2c(c1)C(=C(Cl)Cl)OC(C(Cl)(Cl)Cl)O2. The van der Waals surface area contributed by atoms with Gasteiger partial charge in [-0.2, -0.15) is 0 Å². The van der Waals surface area contributed by atoms with Crippen molar-refractivity contribution in [3.8, 4) is 5.75 Å². The summed E-state index contributed by atoms with van der Waals surface area (Å²) in [7, 11) is 0. The van der Waals surface area contributed by atoms with E-state index in [1.165, 1.54) is 18.2 Å². The van der Waals surface area contributed by atoms with Crippen LogP contribution in [0.15, 0.2) is 22.7 Å². The first kappa shape index (κ1) is 15.8. The Balaban J connectivity index is 2.54. The van der Waals surface area contributed by atoms with Gasteiger partial charge in [-0.15, -0.1) is 0 Å². The molecule has 0 aromatic heterocycles. The Hall–Kier alpha value is -0.590. The van der Waals surface area contributed by atoms with Crippen LogP contribution in [0.1, 0.15) is 5.56 Å². The van der Waals surface area contributed by atoms with Gasteiger partial charge in [0.15, 0.2) is 5.76 Å². The maximum atomic E-state index is 10.8. The summed E-state index contributed by atoms with van der Waals surface area (Å²) in [6.07, 6.45) is -1.29. The first-order valence-electron chi connectivity index (χ1n) is 4.94. The summed E-state index contributed by atoms with van der Waals surface area (Å²) in [6, 6.07) is 3.78. The van der Waals surface area contributed by atoms with Crippen molar-refractivity contribution in [2.75, 3.05) is 0 Å². The minimum absolute atomic E-state index is 0.0605. The van der Waals surface area contributed by atoms with Crippen molar-refractivity contribution in [1.29, 1.82) is 0 Å². The number of nitro groups is 1. The number of ether oxygens (including phenoxy) is 2. The summed E-state index contributed by atoms with van der Waals surface area (Å²) >= 11 is 28.5. The van der Waals surface area contributed by atoms with Crippen molar-refractivity contribution in [2.24, 2.45) is 0 Å². The number of hydrogen-bond acceptors (Lipinski definition) is 4. The van der Waals surface area contributed by atoms with Gasteiger partial charge in [0.2, 0.25) is 0 Å². The zero-order valence-corrected chi connectivity index (χ0v) is 13.1. The molecule has 108 valence electrons. The molecule has 0 spiro atoms. The predicted octanol–water partition coefficient (Wildman–Crippen LogP) is 4.80. The van der Waals surface area contributed by atoms with Crippen LogP contribution < -0.4 is 4.74 Å². The van der Waals surface area contributed by atoms with Gasteiger partial charge in [-0.1, -0.05) is 58.0 Å². The molecule has 0 amide bonds. The number of rotatable bonds is 1. The lowest BCUT2D eigenvalue weighted by atomic mass is 10.1. The summed E-state index contributed by atoms with van der Waals surface area (Å²) in [4.78, 5) is 10.2. The minimum Gasteiger partial charge on any atom is -0.450 e. The monoisotopic (exact) mass is 377 g/mol. The molecular weight excluding hydrogens is 375 g/mol. The summed E-state index contributed by atoms with van der Waals surface area (Å²) in [5.41, 5.74) is 0.0140. The van der Waals surface area contributed by atoms with Crippen molar-refractivity contribution in [1.82, 2.24) is 0 Å². The van der Waals surface area contributed by atoms with Gasteiger partial charge in [-0.25, -0.2) is 0 Å². The molecule has 20 heavy (non-hydrogen) atoms. The van der Waals surface area contributed by atoms with Gasteiger partial charge in [-0.3, -0.25) is 10.1 Å². The molecule has 0 saturated carbocycles. The largest absolute Gasteiger partial charge is 0.450 e. The second kappa shape index (κ2) is 5.66. The molecule has 5 nitrogen and oxygen atoms in total. The van der Waals surface area contributed by atoms with Crippen molar-refractivity contribution >= 4 is 69.5 Å². The molecule has 0 bridgehead atoms. The molecule has 1 heterocycles. The highest BCUT2D eigenvalue weighted by Gasteiger charge is 2.42. The van der Waals surface area contributed by atoms with Gasteiger partial charge in [0.05, 0.1) is 10.5 Å². The van der Waals surface area contributed by atoms with E-state index in [2.05, 4.69) is 0 Å². The molecule has 0 aliphatic carbocycles. The van der Waals surface area contributed by atoms with Crippen molar-refractivity contribution in [3.05, 3.63) is 38.4 Å². The van der Waals surface area contributed by atoms with Gasteiger partial charge in [0.25, 0.3) is 15.8 Å². The fraction of sp³-hybridized carbons (Fsp3) is 0.200. The van der Waals surface area contributed by atoms with E-state index < -0.39 is 15.0 Å². The summed E-state index contributed by atoms with van der Waals surface area (Å²) in [5, 5.41) is 10.8. The molecule has 0 radical (unpaired) electrons. The molecule has 0 fully saturated rings. The van der Waals surface area contributed by atoms with E-state index >= 15 is 0 Å². The average molecular weight is 379 g/mol. The molecule has 1 aromatic rings. The summed E-state index contributed by atoms with van der Waals surface area (Å²) in [5.74, 6) is 0.140. The zero-order chi connectivity index (χ0) is 15.1. The van der Waals surface area contributed by atoms with Crippen LogP contribution in [-0.2, 0) is 4.74 Å². The van der Waals surface area contributed by atoms with E-state index in [9.17, 15) is 10.1 Å². The van der Waals surface area contributed by atoms with Crippen LogP contribution in [0.5, 0.6) is 5.75 Å². The number of fused-ring (bicyclic) bond motifs is 1. The third-order valence-corrected chi connectivity index (χ3v) is 3.19. The number of halogens is 5. The first-order chi connectivity index (χ1) is 9.20. The van der Waals surface area contributed by atoms with Crippen LogP contribution in [0.2, 0.25) is 0 Å². The van der Waals surface area contributed by atoms with Gasteiger partial charge in [-0.05, 0) is 6.07 Å². The number of hydrogen-bond donors (Lipinski definition) is 0. The van der Waals surface area contributed by atoms with E-state index in [0.29, 0.717) is 0 Å². The Morgan fingerprint density at radius 1 is 1.25 bits per heavy atom. The number of nitro benzene ring substituents is 1. The van der Waals surface area contributed by atoms with E-state index in [1.54, 1.807) is 0 Å². The van der Waals surface area contributed by atoms with Crippen LogP contribution in [0, 0.1) is 10.1 Å². The Kier molecular flexibility index (Phi) is 4.47. The van der Waals surface area contributed by atoms with E-state index in [0.717, 1.165) is 0 Å². The van der Waals surface area contributed by atoms with Crippen molar-refractivity contribution in [3.63, 3.8) is 0 Å². The average Bonchev–Trinajstić information content (AvgIpc) is 2.35. The number of benzene rings is 1. The summed E-state index contributed by atoms with van der Waals surface area (Å²) < 4.78 is 8.40. The predicted molar refractivity (Wildman–Crippen MR) is 77.5 cm³/mol. The molecule has 1 aliphatic rings. The molecule has 0 saturated heterocycles. The maximum Gasteiger partial charge on any atom is 0.288 e. The molecule has 1 aromatic carbocycles. The molecule has 2 rings (SSSR count). The van der Waals surface area contributed by atoms with E-state index in [-0.39, 0.29) is 27.3 Å². The van der Waals surface area contributed by atoms with E-state index in [4.69, 9.17) is 67.5 Å². The lowest BCUT2D eigenvalue weighted by molar-refractivity contribution is -0.384. The summed E-state index contributed by atoms with van der Waals surface area (Å²) in [6.45, 7) is 0. The van der Waals surface area contributed by atoms with E-state index in [1.807, 2.05) is 0 Å². The standard InChI is InChI=1S/C10H4Cl5NO4/c11-8(12)7-5-3-4(16(17)18)1-2-6(5)19-9(20-7)10(13,14)15/h1-3,9H. The Morgan fingerprint density at radius 2 is 1.90 bits per heavy atom. The van der Waals surface area contributed by atoms with Gasteiger partial charge in [0, 0.05) is 12.1 Å². The van der Waals surface area contributed by atoms with Crippen LogP contribution in [-0.4, -0.2) is 15.0 Å². The number of nitrogens with zero attached hydrogens (tertiary/aromatic N) is 1. The smallest absolute Gasteiger partial charge is 0.288 e. The molecule has 1 aliphatic heterocycles. The molecule has 1 unspecified atom stereocenters.